The van der Waals surface area contributed by atoms with E-state index in [1.54, 1.807) is 48.4 Å². The molecule has 0 unspecified atom stereocenters. The maximum absolute atomic E-state index is 13.1. The number of ether oxygens (including phenoxy) is 2. The molecule has 33 heavy (non-hydrogen) atoms. The van der Waals surface area contributed by atoms with Gasteiger partial charge in [0.1, 0.15) is 5.76 Å². The van der Waals surface area contributed by atoms with Crippen molar-refractivity contribution in [3.63, 3.8) is 0 Å². The Labute approximate surface area is 195 Å². The average molecular weight is 453 g/mol. The zero-order valence-corrected chi connectivity index (χ0v) is 19.7. The zero-order valence-electron chi connectivity index (χ0n) is 19.7. The molecule has 0 radical (unpaired) electrons. The number of amides is 1. The van der Waals surface area contributed by atoms with Crippen molar-refractivity contribution in [2.45, 2.75) is 25.8 Å². The summed E-state index contributed by atoms with van der Waals surface area (Å²) in [5, 5.41) is 11.1. The number of hydrogen-bond donors (Lipinski definition) is 1. The highest BCUT2D eigenvalue weighted by molar-refractivity contribution is 6.46. The van der Waals surface area contributed by atoms with Gasteiger partial charge in [-0.05, 0) is 51.2 Å². The molecule has 1 atom stereocenters. The molecule has 1 aliphatic heterocycles. The second-order valence-corrected chi connectivity index (χ2v) is 8.27. The van der Waals surface area contributed by atoms with Gasteiger partial charge in [0.2, 0.25) is 0 Å². The van der Waals surface area contributed by atoms with Crippen LogP contribution in [-0.2, 0) is 9.59 Å². The van der Waals surface area contributed by atoms with E-state index in [1.165, 1.54) is 0 Å². The lowest BCUT2D eigenvalue weighted by Crippen LogP contribution is -2.32. The lowest BCUT2D eigenvalue weighted by molar-refractivity contribution is -0.139. The highest BCUT2D eigenvalue weighted by Gasteiger charge is 2.46. The van der Waals surface area contributed by atoms with E-state index in [4.69, 9.17) is 9.47 Å². The Balaban J connectivity index is 2.09. The van der Waals surface area contributed by atoms with Crippen LogP contribution in [0, 0.1) is 0 Å². The van der Waals surface area contributed by atoms with E-state index >= 15 is 0 Å². The number of carbonyl (C=O) groups excluding carboxylic acids is 2. The molecule has 1 saturated heterocycles. The smallest absolute Gasteiger partial charge is 0.295 e. The molecule has 2 aromatic rings. The van der Waals surface area contributed by atoms with Gasteiger partial charge in [-0.1, -0.05) is 43.3 Å². The minimum absolute atomic E-state index is 0.0836. The minimum atomic E-state index is -0.721. The van der Waals surface area contributed by atoms with Crippen molar-refractivity contribution < 1.29 is 24.2 Å². The van der Waals surface area contributed by atoms with Gasteiger partial charge in [-0.15, -0.1) is 0 Å². The molecule has 0 spiro atoms. The third-order valence-electron chi connectivity index (χ3n) is 5.56. The van der Waals surface area contributed by atoms with Crippen LogP contribution < -0.4 is 9.47 Å². The van der Waals surface area contributed by atoms with Gasteiger partial charge in [0, 0.05) is 12.1 Å². The first-order valence-corrected chi connectivity index (χ1v) is 11.2. The highest BCUT2D eigenvalue weighted by Crippen LogP contribution is 2.42. The Morgan fingerprint density at radius 3 is 2.45 bits per heavy atom. The Kier molecular flexibility index (Phi) is 8.11. The van der Waals surface area contributed by atoms with Gasteiger partial charge in [-0.25, -0.2) is 0 Å². The van der Waals surface area contributed by atoms with E-state index in [-0.39, 0.29) is 11.3 Å². The van der Waals surface area contributed by atoms with Gasteiger partial charge in [0.25, 0.3) is 11.7 Å². The lowest BCUT2D eigenvalue weighted by Gasteiger charge is -2.26. The second kappa shape index (κ2) is 11.0. The molecular weight excluding hydrogens is 420 g/mol. The molecule has 0 aromatic heterocycles. The largest absolute Gasteiger partial charge is 0.507 e. The summed E-state index contributed by atoms with van der Waals surface area (Å²) in [6, 6.07) is 13.5. The number of Topliss-reactive ketones (excluding diaryl/α,β-unsaturated/α-hetero) is 1. The molecule has 0 aliphatic carbocycles. The summed E-state index contributed by atoms with van der Waals surface area (Å²) in [5.74, 6) is -0.368. The summed E-state index contributed by atoms with van der Waals surface area (Å²) in [4.78, 5) is 29.7. The van der Waals surface area contributed by atoms with Crippen LogP contribution in [0.1, 0.15) is 36.9 Å². The Morgan fingerprint density at radius 2 is 1.82 bits per heavy atom. The van der Waals surface area contributed by atoms with Gasteiger partial charge in [0.15, 0.2) is 11.5 Å². The van der Waals surface area contributed by atoms with Gasteiger partial charge < -0.3 is 24.4 Å². The number of aliphatic hydroxyl groups excluding tert-OH is 1. The number of aliphatic hydroxyl groups is 1. The number of benzene rings is 2. The fourth-order valence-corrected chi connectivity index (χ4v) is 3.95. The minimum Gasteiger partial charge on any atom is -0.507 e. The van der Waals surface area contributed by atoms with Crippen molar-refractivity contribution in [2.75, 3.05) is 40.9 Å². The molecule has 2 aromatic carbocycles. The Bertz CT molecular complexity index is 1020. The van der Waals surface area contributed by atoms with Crippen LogP contribution in [0.4, 0.5) is 0 Å². The molecule has 0 bridgehead atoms. The molecule has 176 valence electrons. The summed E-state index contributed by atoms with van der Waals surface area (Å²) in [6.45, 7) is 3.72. The van der Waals surface area contributed by atoms with E-state index in [1.807, 2.05) is 38.1 Å². The maximum atomic E-state index is 13.1. The van der Waals surface area contributed by atoms with Crippen molar-refractivity contribution >= 4 is 17.4 Å². The first-order chi connectivity index (χ1) is 15.9. The van der Waals surface area contributed by atoms with Crippen molar-refractivity contribution in [3.8, 4) is 11.5 Å². The zero-order chi connectivity index (χ0) is 24.0. The van der Waals surface area contributed by atoms with Gasteiger partial charge >= 0.3 is 0 Å². The molecule has 3 rings (SSSR count). The fraction of sp³-hybridized carbons (Fsp3) is 0.385. The molecular formula is C26H32N2O5. The number of rotatable bonds is 10. The predicted molar refractivity (Wildman–Crippen MR) is 127 cm³/mol. The first-order valence-electron chi connectivity index (χ1n) is 11.2. The van der Waals surface area contributed by atoms with Crippen LogP contribution >= 0.6 is 0 Å². The van der Waals surface area contributed by atoms with Crippen molar-refractivity contribution in [2.24, 2.45) is 0 Å². The molecule has 7 nitrogen and oxygen atoms in total. The van der Waals surface area contributed by atoms with Crippen molar-refractivity contribution in [1.82, 2.24) is 9.80 Å². The van der Waals surface area contributed by atoms with E-state index in [0.29, 0.717) is 42.2 Å². The van der Waals surface area contributed by atoms with Crippen molar-refractivity contribution in [1.29, 1.82) is 0 Å². The number of likely N-dealkylation sites (tertiary alicyclic amines) is 1. The van der Waals surface area contributed by atoms with Crippen LogP contribution in [0.3, 0.4) is 0 Å². The number of methoxy groups -OCH3 is 1. The predicted octanol–water partition coefficient (Wildman–Crippen LogP) is 3.86. The summed E-state index contributed by atoms with van der Waals surface area (Å²) < 4.78 is 11.3. The van der Waals surface area contributed by atoms with E-state index in [9.17, 15) is 14.7 Å². The van der Waals surface area contributed by atoms with E-state index in [0.717, 1.165) is 13.0 Å². The topological polar surface area (TPSA) is 79.3 Å². The van der Waals surface area contributed by atoms with Crippen LogP contribution in [0.5, 0.6) is 11.5 Å². The third-order valence-corrected chi connectivity index (χ3v) is 5.56. The molecule has 7 heteroatoms. The quantitative estimate of drug-likeness (QED) is 0.335. The number of hydrogen-bond acceptors (Lipinski definition) is 6. The highest BCUT2D eigenvalue weighted by atomic mass is 16.5. The molecule has 0 saturated carbocycles. The maximum Gasteiger partial charge on any atom is 0.295 e. The monoisotopic (exact) mass is 452 g/mol. The summed E-state index contributed by atoms with van der Waals surface area (Å²) in [7, 11) is 5.47. The average Bonchev–Trinajstić information content (AvgIpc) is 3.07. The van der Waals surface area contributed by atoms with Crippen LogP contribution in [-0.4, -0.2) is 67.5 Å². The summed E-state index contributed by atoms with van der Waals surface area (Å²) >= 11 is 0. The SMILES string of the molecule is CCCOc1ccc([C@H]2C(=C(O)c3ccccc3)C(=O)C(=O)N2CCCN(C)C)cc1OC. The van der Waals surface area contributed by atoms with Gasteiger partial charge in [0.05, 0.1) is 25.3 Å². The van der Waals surface area contributed by atoms with Crippen LogP contribution in [0.25, 0.3) is 5.76 Å². The number of carbonyl (C=O) groups is 2. The fourth-order valence-electron chi connectivity index (χ4n) is 3.95. The van der Waals surface area contributed by atoms with Crippen molar-refractivity contribution in [3.05, 3.63) is 65.2 Å². The second-order valence-electron chi connectivity index (χ2n) is 8.27. The lowest BCUT2D eigenvalue weighted by atomic mass is 9.95. The number of nitrogens with zero attached hydrogens (tertiary/aromatic N) is 2. The van der Waals surface area contributed by atoms with Crippen LogP contribution in [0.2, 0.25) is 0 Å². The first kappa shape index (κ1) is 24.3. The summed E-state index contributed by atoms with van der Waals surface area (Å²) in [6.07, 6.45) is 1.55. The Morgan fingerprint density at radius 1 is 1.09 bits per heavy atom. The molecule has 1 heterocycles. The van der Waals surface area contributed by atoms with Crippen LogP contribution in [0.15, 0.2) is 54.1 Å². The Hall–Kier alpha value is -3.32. The standard InChI is InChI=1S/C26H32N2O5/c1-5-16-33-20-13-12-19(17-21(20)32-4)23-22(24(29)18-10-7-6-8-11-18)25(30)26(31)28(23)15-9-14-27(2)3/h6-8,10-13,17,23,29H,5,9,14-16H2,1-4H3/t23-/m0/s1. The molecule has 1 N–H and O–H groups in total. The van der Waals surface area contributed by atoms with E-state index in [2.05, 4.69) is 0 Å². The van der Waals surface area contributed by atoms with Gasteiger partial charge in [-0.3, -0.25) is 9.59 Å². The molecule has 1 aliphatic rings. The van der Waals surface area contributed by atoms with Gasteiger partial charge in [-0.2, -0.15) is 0 Å². The number of ketones is 1. The summed E-state index contributed by atoms with van der Waals surface area (Å²) in [5.41, 5.74) is 1.25. The molecule has 1 amide bonds. The van der Waals surface area contributed by atoms with E-state index < -0.39 is 17.7 Å². The molecule has 1 fully saturated rings. The third kappa shape index (κ3) is 5.37. The normalized spacial score (nSPS) is 17.6.